The van der Waals surface area contributed by atoms with Crippen LogP contribution in [0.2, 0.25) is 0 Å². The van der Waals surface area contributed by atoms with Crippen LogP contribution in [0.5, 0.6) is 0 Å². The monoisotopic (exact) mass is 327 g/mol. The Morgan fingerprint density at radius 1 is 1.14 bits per heavy atom. The van der Waals surface area contributed by atoms with Crippen LogP contribution >= 0.6 is 0 Å². The predicted octanol–water partition coefficient (Wildman–Crippen LogP) is 3.42. The van der Waals surface area contributed by atoms with E-state index in [0.29, 0.717) is 6.07 Å². The molecule has 1 atom stereocenters. The van der Waals surface area contributed by atoms with Crippen molar-refractivity contribution in [2.75, 3.05) is 5.32 Å². The fourth-order valence-electron chi connectivity index (χ4n) is 2.04. The van der Waals surface area contributed by atoms with Gasteiger partial charge in [0.2, 0.25) is 0 Å². The van der Waals surface area contributed by atoms with Gasteiger partial charge < -0.3 is 15.5 Å². The molecule has 0 saturated carbocycles. The first-order chi connectivity index (χ1) is 9.90. The lowest BCUT2D eigenvalue weighted by Gasteiger charge is -2.35. The second-order valence-electron chi connectivity index (χ2n) is 4.49. The number of rotatable bonds is 1. The summed E-state index contributed by atoms with van der Waals surface area (Å²) in [5.74, 6) is -3.70. The summed E-state index contributed by atoms with van der Waals surface area (Å²) in [5, 5.41) is 19.8. The van der Waals surface area contributed by atoms with Gasteiger partial charge in [-0.1, -0.05) is 6.07 Å². The Hall–Kier alpha value is -2.39. The van der Waals surface area contributed by atoms with E-state index in [1.54, 1.807) is 0 Å². The van der Waals surface area contributed by atoms with E-state index in [0.717, 1.165) is 12.1 Å². The Morgan fingerprint density at radius 2 is 1.73 bits per heavy atom. The number of para-hydroxylation sites is 1. The fourth-order valence-corrected chi connectivity index (χ4v) is 2.04. The van der Waals surface area contributed by atoms with Crippen LogP contribution in [0.1, 0.15) is 11.1 Å². The number of fused-ring (bicyclic) bond motifs is 1. The number of hydrogen-bond donors (Lipinski definition) is 3. The number of halogens is 6. The molecule has 0 aromatic heterocycles. The Bertz CT molecular complexity index is 664. The lowest BCUT2D eigenvalue weighted by atomic mass is 9.89. The fraction of sp³-hybridized carbons (Fsp3) is 0.250. The van der Waals surface area contributed by atoms with E-state index in [9.17, 15) is 36.2 Å². The summed E-state index contributed by atoms with van der Waals surface area (Å²) in [6.45, 7) is 0. The molecule has 10 heteroatoms. The van der Waals surface area contributed by atoms with Gasteiger partial charge in [0.1, 0.15) is 5.76 Å². The molecule has 1 aromatic carbocycles. The van der Waals surface area contributed by atoms with Crippen LogP contribution in [0.3, 0.4) is 0 Å². The number of carbonyl (C=O) groups is 1. The third kappa shape index (κ3) is 2.24. The molecule has 0 bridgehead atoms. The summed E-state index contributed by atoms with van der Waals surface area (Å²) < 4.78 is 77.8. The van der Waals surface area contributed by atoms with Gasteiger partial charge in [-0.05, 0) is 12.1 Å². The predicted molar refractivity (Wildman–Crippen MR) is 62.1 cm³/mol. The highest BCUT2D eigenvalue weighted by atomic mass is 19.4. The van der Waals surface area contributed by atoms with E-state index >= 15 is 0 Å². The summed E-state index contributed by atoms with van der Waals surface area (Å²) >= 11 is 0. The lowest BCUT2D eigenvalue weighted by molar-refractivity contribution is -0.187. The molecular weight excluding hydrogens is 320 g/mol. The van der Waals surface area contributed by atoms with E-state index in [-0.39, 0.29) is 6.08 Å². The number of anilines is 1. The molecule has 1 unspecified atom stereocenters. The first-order valence-corrected chi connectivity index (χ1v) is 5.61. The van der Waals surface area contributed by atoms with Crippen molar-refractivity contribution >= 4 is 17.4 Å². The van der Waals surface area contributed by atoms with Gasteiger partial charge in [-0.3, -0.25) is 0 Å². The van der Waals surface area contributed by atoms with Gasteiger partial charge in [0.25, 0.3) is 5.54 Å². The number of aliphatic hydroxyl groups is 1. The Kier molecular flexibility index (Phi) is 3.31. The minimum atomic E-state index is -5.48. The molecule has 0 aliphatic carbocycles. The van der Waals surface area contributed by atoms with Gasteiger partial charge in [0.05, 0.1) is 11.3 Å². The summed E-state index contributed by atoms with van der Waals surface area (Å²) in [6.07, 6.45) is -10.6. The maximum Gasteiger partial charge on any atom is 0.426 e. The molecule has 0 radical (unpaired) electrons. The van der Waals surface area contributed by atoms with Gasteiger partial charge in [-0.25, -0.2) is 4.79 Å². The van der Waals surface area contributed by atoms with Crippen molar-refractivity contribution in [1.29, 1.82) is 0 Å². The number of alkyl halides is 6. The molecule has 0 amide bonds. The second-order valence-corrected chi connectivity index (χ2v) is 4.49. The highest BCUT2D eigenvalue weighted by Crippen LogP contribution is 2.46. The van der Waals surface area contributed by atoms with Gasteiger partial charge >= 0.3 is 18.3 Å². The normalized spacial score (nSPS) is 21.6. The first-order valence-electron chi connectivity index (χ1n) is 5.61. The van der Waals surface area contributed by atoms with Crippen LogP contribution < -0.4 is 5.32 Å². The van der Waals surface area contributed by atoms with Crippen LogP contribution in [-0.4, -0.2) is 27.9 Å². The zero-order valence-corrected chi connectivity index (χ0v) is 10.4. The highest BCUT2D eigenvalue weighted by Gasteiger charge is 2.62. The summed E-state index contributed by atoms with van der Waals surface area (Å²) in [7, 11) is 0. The molecule has 22 heavy (non-hydrogen) atoms. The number of carboxylic acid groups (broad SMARTS) is 1. The largest absolute Gasteiger partial charge is 0.507 e. The van der Waals surface area contributed by atoms with Gasteiger partial charge in [0.15, 0.2) is 0 Å². The number of benzene rings is 1. The molecule has 2 rings (SSSR count). The molecule has 1 aromatic rings. The van der Waals surface area contributed by atoms with Crippen LogP contribution in [0.15, 0.2) is 24.3 Å². The Balaban J connectivity index is 2.76. The number of carboxylic acids is 1. The zero-order chi connectivity index (χ0) is 16.9. The third-order valence-electron chi connectivity index (χ3n) is 3.11. The van der Waals surface area contributed by atoms with Crippen molar-refractivity contribution in [3.63, 3.8) is 0 Å². The summed E-state index contributed by atoms with van der Waals surface area (Å²) in [6, 6.07) is 2.30. The lowest BCUT2D eigenvalue weighted by Crippen LogP contribution is -2.58. The number of nitrogens with one attached hydrogen (secondary N) is 1. The molecule has 1 aliphatic heterocycles. The third-order valence-corrected chi connectivity index (χ3v) is 3.11. The van der Waals surface area contributed by atoms with E-state index in [1.165, 1.54) is 5.32 Å². The average molecular weight is 327 g/mol. The van der Waals surface area contributed by atoms with Crippen molar-refractivity contribution in [3.8, 4) is 0 Å². The first kappa shape index (κ1) is 16.0. The van der Waals surface area contributed by atoms with Gasteiger partial charge in [0, 0.05) is 11.6 Å². The van der Waals surface area contributed by atoms with Crippen LogP contribution in [0.25, 0.3) is 5.76 Å². The maximum absolute atomic E-state index is 13.1. The highest BCUT2D eigenvalue weighted by molar-refractivity contribution is 5.94. The molecule has 0 fully saturated rings. The van der Waals surface area contributed by atoms with Gasteiger partial charge in [-0.15, -0.1) is 0 Å². The van der Waals surface area contributed by atoms with E-state index in [1.807, 2.05) is 0 Å². The average Bonchev–Trinajstić information content (AvgIpc) is 2.35. The SMILES string of the molecule is O=C(O)C1(C(F)(F)F)C=C(O)c2cccc(C(F)(F)F)c2N1. The van der Waals surface area contributed by atoms with Crippen LogP contribution in [-0.2, 0) is 11.0 Å². The van der Waals surface area contributed by atoms with Crippen molar-refractivity contribution in [2.45, 2.75) is 17.9 Å². The molecule has 3 N–H and O–H groups in total. The molecule has 1 heterocycles. The smallest absolute Gasteiger partial charge is 0.426 e. The van der Waals surface area contributed by atoms with Crippen molar-refractivity contribution < 1.29 is 41.4 Å². The quantitative estimate of drug-likeness (QED) is 0.692. The number of hydrogen-bond acceptors (Lipinski definition) is 3. The molecule has 0 spiro atoms. The van der Waals surface area contributed by atoms with Crippen molar-refractivity contribution in [1.82, 2.24) is 0 Å². The number of aliphatic hydroxyl groups excluding tert-OH is 1. The Labute approximate surface area is 118 Å². The summed E-state index contributed by atoms with van der Waals surface area (Å²) in [5.41, 5.74) is -7.09. The minimum Gasteiger partial charge on any atom is -0.507 e. The number of aliphatic carboxylic acids is 1. The van der Waals surface area contributed by atoms with Crippen LogP contribution in [0, 0.1) is 0 Å². The second kappa shape index (κ2) is 4.55. The van der Waals surface area contributed by atoms with Gasteiger partial charge in [-0.2, -0.15) is 26.3 Å². The Morgan fingerprint density at radius 3 is 2.18 bits per heavy atom. The van der Waals surface area contributed by atoms with E-state index in [4.69, 9.17) is 5.11 Å². The van der Waals surface area contributed by atoms with E-state index < -0.39 is 46.4 Å². The molecule has 1 aliphatic rings. The van der Waals surface area contributed by atoms with Crippen LogP contribution in [0.4, 0.5) is 32.0 Å². The molecule has 120 valence electrons. The zero-order valence-electron chi connectivity index (χ0n) is 10.4. The molecular formula is C12H7F6NO3. The summed E-state index contributed by atoms with van der Waals surface area (Å²) in [4.78, 5) is 11.0. The standard InChI is InChI=1S/C12H7F6NO3/c13-11(14,15)6-3-1-2-5-7(20)4-10(9(21)22,12(16,17)18)19-8(5)6/h1-4,19-20H,(H,21,22). The molecule has 0 saturated heterocycles. The topological polar surface area (TPSA) is 69.6 Å². The minimum absolute atomic E-state index is 0.0716. The van der Waals surface area contributed by atoms with Crippen molar-refractivity contribution in [3.05, 3.63) is 35.4 Å². The maximum atomic E-state index is 13.1. The van der Waals surface area contributed by atoms with E-state index in [2.05, 4.69) is 0 Å². The van der Waals surface area contributed by atoms with Crippen molar-refractivity contribution in [2.24, 2.45) is 0 Å². The molecule has 4 nitrogen and oxygen atoms in total.